The zero-order valence-corrected chi connectivity index (χ0v) is 16.9. The van der Waals surface area contributed by atoms with Crippen molar-refractivity contribution in [2.24, 2.45) is 13.0 Å². The number of aryl methyl sites for hydroxylation is 2. The van der Waals surface area contributed by atoms with Crippen LogP contribution in [0.25, 0.3) is 11.4 Å². The van der Waals surface area contributed by atoms with Crippen LogP contribution in [0.4, 0.5) is 5.69 Å². The Hall–Kier alpha value is -3.55. The average Bonchev–Trinajstić information content (AvgIpc) is 3.12. The van der Waals surface area contributed by atoms with Crippen LogP contribution in [-0.4, -0.2) is 38.1 Å². The normalized spacial score (nSPS) is 11.9. The molecule has 1 heterocycles. The van der Waals surface area contributed by atoms with E-state index in [9.17, 15) is 9.59 Å². The Bertz CT molecular complexity index is 1010. The Labute approximate surface area is 169 Å². The summed E-state index contributed by atoms with van der Waals surface area (Å²) in [6.07, 6.45) is 0. The molecule has 2 N–H and O–H groups in total. The third-order valence-electron chi connectivity index (χ3n) is 4.56. The van der Waals surface area contributed by atoms with E-state index in [1.165, 1.54) is 0 Å². The van der Waals surface area contributed by atoms with Gasteiger partial charge in [-0.15, -0.1) is 5.10 Å². The number of hydrogen-bond acceptors (Lipinski definition) is 5. The molecule has 0 spiro atoms. The van der Waals surface area contributed by atoms with Crippen LogP contribution < -0.4 is 10.6 Å². The molecule has 1 unspecified atom stereocenters. The molecule has 1 atom stereocenters. The number of carbonyl (C=O) groups excluding carboxylic acids is 2. The summed E-state index contributed by atoms with van der Waals surface area (Å²) in [7, 11) is 1.75. The maximum Gasteiger partial charge on any atom is 0.251 e. The summed E-state index contributed by atoms with van der Waals surface area (Å²) in [6, 6.07) is 13.8. The second-order valence-corrected chi connectivity index (χ2v) is 7.26. The van der Waals surface area contributed by atoms with Crippen LogP contribution in [0.2, 0.25) is 0 Å². The van der Waals surface area contributed by atoms with Gasteiger partial charge >= 0.3 is 0 Å². The number of tetrazole rings is 1. The first-order chi connectivity index (χ1) is 13.8. The van der Waals surface area contributed by atoms with Crippen molar-refractivity contribution < 1.29 is 9.59 Å². The molecule has 0 fully saturated rings. The molecule has 2 amide bonds. The van der Waals surface area contributed by atoms with E-state index < -0.39 is 6.04 Å². The van der Waals surface area contributed by atoms with Crippen LogP contribution in [0.15, 0.2) is 48.5 Å². The molecule has 150 valence electrons. The highest BCUT2D eigenvalue weighted by Gasteiger charge is 2.25. The molecule has 0 radical (unpaired) electrons. The zero-order chi connectivity index (χ0) is 21.0. The quantitative estimate of drug-likeness (QED) is 0.671. The number of anilines is 1. The highest BCUT2D eigenvalue weighted by molar-refractivity contribution is 6.01. The predicted octanol–water partition coefficient (Wildman–Crippen LogP) is 2.58. The second-order valence-electron chi connectivity index (χ2n) is 7.26. The van der Waals surface area contributed by atoms with Crippen LogP contribution in [0, 0.1) is 12.8 Å². The molecular formula is C21H24N6O2. The smallest absolute Gasteiger partial charge is 0.251 e. The van der Waals surface area contributed by atoms with Crippen molar-refractivity contribution in [2.45, 2.75) is 26.8 Å². The number of carbonyl (C=O) groups is 2. The summed E-state index contributed by atoms with van der Waals surface area (Å²) >= 11 is 0. The van der Waals surface area contributed by atoms with E-state index in [0.717, 1.165) is 11.1 Å². The predicted molar refractivity (Wildman–Crippen MR) is 110 cm³/mol. The largest absolute Gasteiger partial charge is 0.340 e. The lowest BCUT2D eigenvalue weighted by molar-refractivity contribution is -0.118. The van der Waals surface area contributed by atoms with Crippen molar-refractivity contribution in [1.29, 1.82) is 0 Å². The number of amides is 2. The van der Waals surface area contributed by atoms with Gasteiger partial charge in [0.2, 0.25) is 5.91 Å². The number of benzene rings is 2. The average molecular weight is 392 g/mol. The van der Waals surface area contributed by atoms with Crippen molar-refractivity contribution >= 4 is 17.5 Å². The van der Waals surface area contributed by atoms with Gasteiger partial charge in [-0.25, -0.2) is 4.68 Å². The monoisotopic (exact) mass is 392 g/mol. The van der Waals surface area contributed by atoms with Gasteiger partial charge in [-0.2, -0.15) is 0 Å². The fraction of sp³-hybridized carbons (Fsp3) is 0.286. The maximum absolute atomic E-state index is 12.9. The van der Waals surface area contributed by atoms with E-state index in [0.29, 0.717) is 17.1 Å². The molecule has 3 rings (SSSR count). The van der Waals surface area contributed by atoms with E-state index in [2.05, 4.69) is 26.2 Å². The number of hydrogen-bond donors (Lipinski definition) is 2. The van der Waals surface area contributed by atoms with Crippen LogP contribution in [-0.2, 0) is 11.8 Å². The van der Waals surface area contributed by atoms with Crippen molar-refractivity contribution in [2.75, 3.05) is 5.32 Å². The molecule has 0 aliphatic heterocycles. The van der Waals surface area contributed by atoms with Gasteiger partial charge in [0.15, 0.2) is 5.82 Å². The van der Waals surface area contributed by atoms with Gasteiger partial charge in [0.25, 0.3) is 5.91 Å². The lowest BCUT2D eigenvalue weighted by Gasteiger charge is -2.22. The Morgan fingerprint density at radius 1 is 1.07 bits per heavy atom. The van der Waals surface area contributed by atoms with Crippen molar-refractivity contribution in [3.8, 4) is 11.4 Å². The Morgan fingerprint density at radius 3 is 2.41 bits per heavy atom. The van der Waals surface area contributed by atoms with Crippen molar-refractivity contribution in [3.05, 3.63) is 59.7 Å². The molecule has 2 aromatic carbocycles. The third-order valence-corrected chi connectivity index (χ3v) is 4.56. The molecule has 0 bridgehead atoms. The molecule has 0 saturated heterocycles. The summed E-state index contributed by atoms with van der Waals surface area (Å²) in [6.45, 7) is 5.74. The highest BCUT2D eigenvalue weighted by atomic mass is 16.2. The molecule has 0 saturated carbocycles. The fourth-order valence-electron chi connectivity index (χ4n) is 2.89. The molecular weight excluding hydrogens is 368 g/mol. The van der Waals surface area contributed by atoms with Crippen molar-refractivity contribution in [3.63, 3.8) is 0 Å². The first kappa shape index (κ1) is 20.2. The van der Waals surface area contributed by atoms with Crippen LogP contribution in [0.5, 0.6) is 0 Å². The van der Waals surface area contributed by atoms with Gasteiger partial charge in [0.05, 0.1) is 0 Å². The molecule has 29 heavy (non-hydrogen) atoms. The fourth-order valence-corrected chi connectivity index (χ4v) is 2.89. The molecule has 8 heteroatoms. The summed E-state index contributed by atoms with van der Waals surface area (Å²) in [5.74, 6) is -0.0591. The molecule has 8 nitrogen and oxygen atoms in total. The summed E-state index contributed by atoms with van der Waals surface area (Å²) in [5.41, 5.74) is 2.97. The summed E-state index contributed by atoms with van der Waals surface area (Å²) in [4.78, 5) is 25.4. The first-order valence-corrected chi connectivity index (χ1v) is 9.36. The van der Waals surface area contributed by atoms with E-state index in [1.807, 2.05) is 45.0 Å². The number of nitrogens with zero attached hydrogens (tertiary/aromatic N) is 4. The van der Waals surface area contributed by atoms with Gasteiger partial charge in [-0.1, -0.05) is 43.7 Å². The SMILES string of the molecule is Cc1ccc(C(=O)NC(C(=O)Nc2cccc(-c3nnnn3C)c2)C(C)C)cc1. The van der Waals surface area contributed by atoms with Crippen molar-refractivity contribution in [1.82, 2.24) is 25.5 Å². The lowest BCUT2D eigenvalue weighted by Crippen LogP contribution is -2.47. The van der Waals surface area contributed by atoms with Gasteiger partial charge in [-0.05, 0) is 47.5 Å². The number of nitrogens with one attached hydrogen (secondary N) is 2. The summed E-state index contributed by atoms with van der Waals surface area (Å²) in [5, 5.41) is 17.2. The van der Waals surface area contributed by atoms with E-state index in [1.54, 1.807) is 36.0 Å². The van der Waals surface area contributed by atoms with Crippen LogP contribution in [0.1, 0.15) is 29.8 Å². The molecule has 0 aliphatic rings. The van der Waals surface area contributed by atoms with Crippen LogP contribution in [0.3, 0.4) is 0 Å². The second kappa shape index (κ2) is 8.64. The van der Waals surface area contributed by atoms with Gasteiger partial charge in [0.1, 0.15) is 6.04 Å². The standard InChI is InChI=1S/C21H24N6O2/c1-13(2)18(23-20(28)15-10-8-14(3)9-11-15)21(29)22-17-7-5-6-16(12-17)19-24-25-26-27(19)4/h5-13,18H,1-4H3,(H,22,29)(H,23,28). The van der Waals surface area contributed by atoms with E-state index in [-0.39, 0.29) is 17.7 Å². The topological polar surface area (TPSA) is 102 Å². The van der Waals surface area contributed by atoms with E-state index >= 15 is 0 Å². The maximum atomic E-state index is 12.9. The highest BCUT2D eigenvalue weighted by Crippen LogP contribution is 2.20. The van der Waals surface area contributed by atoms with Crippen LogP contribution >= 0.6 is 0 Å². The Morgan fingerprint density at radius 2 is 1.79 bits per heavy atom. The third kappa shape index (κ3) is 4.84. The van der Waals surface area contributed by atoms with Gasteiger partial charge < -0.3 is 10.6 Å². The minimum Gasteiger partial charge on any atom is -0.340 e. The Balaban J connectivity index is 1.74. The first-order valence-electron chi connectivity index (χ1n) is 9.36. The summed E-state index contributed by atoms with van der Waals surface area (Å²) < 4.78 is 1.56. The van der Waals surface area contributed by atoms with Gasteiger partial charge in [0, 0.05) is 23.9 Å². The van der Waals surface area contributed by atoms with E-state index in [4.69, 9.17) is 0 Å². The van der Waals surface area contributed by atoms with Gasteiger partial charge in [-0.3, -0.25) is 9.59 Å². The minimum absolute atomic E-state index is 0.0875. The zero-order valence-electron chi connectivity index (χ0n) is 16.9. The number of rotatable bonds is 6. The number of aromatic nitrogens is 4. The minimum atomic E-state index is -0.677. The molecule has 0 aliphatic carbocycles. The molecule has 3 aromatic rings. The Kier molecular flexibility index (Phi) is 6.01. The molecule has 1 aromatic heterocycles. The lowest BCUT2D eigenvalue weighted by atomic mass is 10.0.